The van der Waals surface area contributed by atoms with Gasteiger partial charge in [0.1, 0.15) is 0 Å². The molecule has 0 aliphatic carbocycles. The Bertz CT molecular complexity index is 367. The van der Waals surface area contributed by atoms with Gasteiger partial charge < -0.3 is 4.90 Å². The molecule has 1 rings (SSSR count). The fourth-order valence-electron chi connectivity index (χ4n) is 2.10. The molecule has 0 heterocycles. The highest BCUT2D eigenvalue weighted by molar-refractivity contribution is 6.30. The van der Waals surface area contributed by atoms with Crippen LogP contribution in [0.1, 0.15) is 31.9 Å². The predicted molar refractivity (Wildman–Crippen MR) is 73.9 cm³/mol. The summed E-state index contributed by atoms with van der Waals surface area (Å²) in [6.07, 6.45) is 0.987. The Morgan fingerprint density at radius 3 is 2.53 bits per heavy atom. The van der Waals surface area contributed by atoms with Gasteiger partial charge in [0.15, 0.2) is 0 Å². The maximum atomic E-state index is 6.04. The molecule has 0 saturated heterocycles. The van der Waals surface area contributed by atoms with E-state index in [0.29, 0.717) is 0 Å². The van der Waals surface area contributed by atoms with Gasteiger partial charge in [0.25, 0.3) is 0 Å². The third-order valence-corrected chi connectivity index (χ3v) is 3.94. The third kappa shape index (κ3) is 2.99. The van der Waals surface area contributed by atoms with Crippen molar-refractivity contribution in [3.05, 3.63) is 34.9 Å². The third-order valence-electron chi connectivity index (χ3n) is 3.71. The number of likely N-dealkylation sites (N-methyl/N-ethyl adjacent to an activating group) is 1. The van der Waals surface area contributed by atoms with E-state index in [1.165, 1.54) is 0 Å². The molecule has 0 aliphatic heterocycles. The molecule has 1 aromatic carbocycles. The number of rotatable bonds is 5. The number of hydrogen-bond acceptors (Lipinski definition) is 3. The van der Waals surface area contributed by atoms with Crippen molar-refractivity contribution >= 4 is 11.6 Å². The van der Waals surface area contributed by atoms with E-state index in [9.17, 15) is 0 Å². The summed E-state index contributed by atoms with van der Waals surface area (Å²) < 4.78 is 0. The normalized spacial score (nSPS) is 16.9. The van der Waals surface area contributed by atoms with Gasteiger partial charge in [0.05, 0.1) is 6.04 Å². The summed E-state index contributed by atoms with van der Waals surface area (Å²) in [6.45, 7) is 4.35. The monoisotopic (exact) mass is 255 g/mol. The number of hydrogen-bond donors (Lipinski definition) is 2. The van der Waals surface area contributed by atoms with Gasteiger partial charge in [-0.2, -0.15) is 0 Å². The highest BCUT2D eigenvalue weighted by atomic mass is 35.5. The molecule has 0 bridgehead atoms. The van der Waals surface area contributed by atoms with Gasteiger partial charge in [-0.15, -0.1) is 0 Å². The lowest BCUT2D eigenvalue weighted by atomic mass is 9.84. The number of nitrogens with one attached hydrogen (secondary N) is 1. The average Bonchev–Trinajstić information content (AvgIpc) is 2.29. The quantitative estimate of drug-likeness (QED) is 0.628. The minimum Gasteiger partial charge on any atom is -0.302 e. The molecule has 3 N–H and O–H groups in total. The standard InChI is InChI=1S/C13H22ClN3/c1-5-13(2,17(3)4)12(16-15)10-7-6-8-11(14)9-10/h6-9,12,16H,5,15H2,1-4H3. The molecule has 4 heteroatoms. The SMILES string of the molecule is CCC(C)(C(NN)c1cccc(Cl)c1)N(C)C. The lowest BCUT2D eigenvalue weighted by Gasteiger charge is -2.42. The molecular weight excluding hydrogens is 234 g/mol. The molecule has 0 fully saturated rings. The van der Waals surface area contributed by atoms with Crippen LogP contribution in [-0.4, -0.2) is 24.5 Å². The summed E-state index contributed by atoms with van der Waals surface area (Å²) in [7, 11) is 4.14. The lowest BCUT2D eigenvalue weighted by Crippen LogP contribution is -2.52. The fraction of sp³-hybridized carbons (Fsp3) is 0.538. The van der Waals surface area contributed by atoms with Gasteiger partial charge in [0, 0.05) is 10.6 Å². The highest BCUT2D eigenvalue weighted by Crippen LogP contribution is 2.32. The second kappa shape index (κ2) is 5.83. The number of nitrogens with zero attached hydrogens (tertiary/aromatic N) is 1. The van der Waals surface area contributed by atoms with Gasteiger partial charge in [0.2, 0.25) is 0 Å². The molecule has 0 amide bonds. The minimum absolute atomic E-state index is 0.0428. The van der Waals surface area contributed by atoms with Gasteiger partial charge in [-0.1, -0.05) is 30.7 Å². The number of halogens is 1. The Labute approximate surface area is 109 Å². The van der Waals surface area contributed by atoms with Crippen molar-refractivity contribution in [2.24, 2.45) is 5.84 Å². The number of hydrazine groups is 1. The zero-order valence-electron chi connectivity index (χ0n) is 11.0. The molecule has 0 radical (unpaired) electrons. The summed E-state index contributed by atoms with van der Waals surface area (Å²) in [5.74, 6) is 5.73. The molecule has 0 saturated carbocycles. The van der Waals surface area contributed by atoms with E-state index in [4.69, 9.17) is 17.4 Å². The Hall–Kier alpha value is -0.610. The molecule has 1 aromatic rings. The van der Waals surface area contributed by atoms with E-state index in [-0.39, 0.29) is 11.6 Å². The average molecular weight is 256 g/mol. The predicted octanol–water partition coefficient (Wildman–Crippen LogP) is 2.57. The summed E-state index contributed by atoms with van der Waals surface area (Å²) in [5.41, 5.74) is 3.97. The van der Waals surface area contributed by atoms with Crippen LogP contribution < -0.4 is 11.3 Å². The van der Waals surface area contributed by atoms with Crippen LogP contribution in [0.3, 0.4) is 0 Å². The van der Waals surface area contributed by atoms with E-state index in [1.807, 2.05) is 24.3 Å². The zero-order valence-corrected chi connectivity index (χ0v) is 11.8. The van der Waals surface area contributed by atoms with Gasteiger partial charge in [-0.3, -0.25) is 11.3 Å². The van der Waals surface area contributed by atoms with Crippen LogP contribution in [-0.2, 0) is 0 Å². The van der Waals surface area contributed by atoms with Crippen molar-refractivity contribution in [2.75, 3.05) is 14.1 Å². The molecule has 96 valence electrons. The van der Waals surface area contributed by atoms with Crippen LogP contribution in [0.5, 0.6) is 0 Å². The van der Waals surface area contributed by atoms with Crippen LogP contribution in [0.25, 0.3) is 0 Å². The Morgan fingerprint density at radius 1 is 1.47 bits per heavy atom. The molecule has 0 spiro atoms. The molecule has 2 atom stereocenters. The maximum Gasteiger partial charge on any atom is 0.0641 e. The van der Waals surface area contributed by atoms with E-state index >= 15 is 0 Å². The van der Waals surface area contributed by atoms with Crippen molar-refractivity contribution in [2.45, 2.75) is 31.8 Å². The maximum absolute atomic E-state index is 6.04. The Balaban J connectivity index is 3.14. The minimum atomic E-state index is -0.0561. The molecule has 3 nitrogen and oxygen atoms in total. The summed E-state index contributed by atoms with van der Waals surface area (Å²) >= 11 is 6.04. The lowest BCUT2D eigenvalue weighted by molar-refractivity contribution is 0.113. The van der Waals surface area contributed by atoms with Crippen LogP contribution in [0.2, 0.25) is 5.02 Å². The summed E-state index contributed by atoms with van der Waals surface area (Å²) in [6, 6.07) is 7.88. The topological polar surface area (TPSA) is 41.3 Å². The van der Waals surface area contributed by atoms with E-state index < -0.39 is 0 Å². The van der Waals surface area contributed by atoms with Crippen molar-refractivity contribution < 1.29 is 0 Å². The molecular formula is C13H22ClN3. The molecule has 2 unspecified atom stereocenters. The van der Waals surface area contributed by atoms with Crippen LogP contribution in [0.4, 0.5) is 0 Å². The Kier molecular flexibility index (Phi) is 4.95. The molecule has 17 heavy (non-hydrogen) atoms. The fourth-order valence-corrected chi connectivity index (χ4v) is 2.30. The van der Waals surface area contributed by atoms with E-state index in [0.717, 1.165) is 17.0 Å². The van der Waals surface area contributed by atoms with Crippen molar-refractivity contribution in [1.29, 1.82) is 0 Å². The van der Waals surface area contributed by atoms with Crippen LogP contribution in [0, 0.1) is 0 Å². The van der Waals surface area contributed by atoms with Crippen LogP contribution in [0.15, 0.2) is 24.3 Å². The zero-order chi connectivity index (χ0) is 13.1. The van der Waals surface area contributed by atoms with Crippen molar-refractivity contribution in [3.63, 3.8) is 0 Å². The second-order valence-corrected chi connectivity index (χ2v) is 5.20. The summed E-state index contributed by atoms with van der Waals surface area (Å²) in [4.78, 5) is 2.19. The van der Waals surface area contributed by atoms with Gasteiger partial charge >= 0.3 is 0 Å². The smallest absolute Gasteiger partial charge is 0.0641 e. The van der Waals surface area contributed by atoms with E-state index in [1.54, 1.807) is 0 Å². The number of benzene rings is 1. The van der Waals surface area contributed by atoms with E-state index in [2.05, 4.69) is 38.3 Å². The Morgan fingerprint density at radius 2 is 2.12 bits per heavy atom. The largest absolute Gasteiger partial charge is 0.302 e. The van der Waals surface area contributed by atoms with Gasteiger partial charge in [-0.25, -0.2) is 0 Å². The first kappa shape index (κ1) is 14.5. The first-order valence-corrected chi connectivity index (χ1v) is 6.22. The first-order valence-electron chi connectivity index (χ1n) is 5.84. The van der Waals surface area contributed by atoms with Crippen molar-refractivity contribution in [1.82, 2.24) is 10.3 Å². The van der Waals surface area contributed by atoms with Crippen molar-refractivity contribution in [3.8, 4) is 0 Å². The summed E-state index contributed by atoms with van der Waals surface area (Å²) in [5, 5.41) is 0.736. The molecule has 0 aliphatic rings. The number of nitrogens with two attached hydrogens (primary N) is 1. The van der Waals surface area contributed by atoms with Crippen LogP contribution >= 0.6 is 11.6 Å². The molecule has 0 aromatic heterocycles. The second-order valence-electron chi connectivity index (χ2n) is 4.76. The highest BCUT2D eigenvalue weighted by Gasteiger charge is 2.35. The van der Waals surface area contributed by atoms with Gasteiger partial charge in [-0.05, 0) is 45.1 Å². The first-order chi connectivity index (χ1) is 7.95.